The minimum atomic E-state index is -0.650. The van der Waals surface area contributed by atoms with Crippen LogP contribution in [0, 0.1) is 0 Å². The summed E-state index contributed by atoms with van der Waals surface area (Å²) in [5, 5.41) is 11.1. The van der Waals surface area contributed by atoms with E-state index in [1.807, 2.05) is 13.8 Å². The zero-order valence-electron chi connectivity index (χ0n) is 10.2. The van der Waals surface area contributed by atoms with Crippen LogP contribution in [0.1, 0.15) is 26.3 Å². The largest absolute Gasteiger partial charge is 0.390 e. The molecule has 16 heavy (non-hydrogen) atoms. The number of fused-ring (bicyclic) bond motifs is 1. The number of hydrogen-bond acceptors (Lipinski definition) is 1. The van der Waals surface area contributed by atoms with Gasteiger partial charge in [-0.1, -0.05) is 12.1 Å². The Labute approximate surface area is 96.5 Å². The maximum atomic E-state index is 9.89. The molecule has 0 unspecified atom stereocenters. The predicted octanol–water partition coefficient (Wildman–Crippen LogP) is 2.97. The van der Waals surface area contributed by atoms with Gasteiger partial charge in [0.1, 0.15) is 0 Å². The molecule has 0 fully saturated rings. The highest BCUT2D eigenvalue weighted by Gasteiger charge is 2.15. The topological polar surface area (TPSA) is 25.2 Å². The first-order valence-corrected chi connectivity index (χ1v) is 5.80. The van der Waals surface area contributed by atoms with Gasteiger partial charge in [-0.25, -0.2) is 0 Å². The van der Waals surface area contributed by atoms with Gasteiger partial charge in [0.15, 0.2) is 0 Å². The van der Waals surface area contributed by atoms with Gasteiger partial charge in [-0.3, -0.25) is 0 Å². The summed E-state index contributed by atoms with van der Waals surface area (Å²) in [6.45, 7) is 6.82. The average molecular weight is 217 g/mol. The fourth-order valence-corrected chi connectivity index (χ4v) is 2.18. The van der Waals surface area contributed by atoms with Crippen molar-refractivity contribution in [3.8, 4) is 0 Å². The van der Waals surface area contributed by atoms with E-state index in [4.69, 9.17) is 0 Å². The van der Waals surface area contributed by atoms with Crippen LogP contribution >= 0.6 is 0 Å². The molecule has 1 aromatic heterocycles. The van der Waals surface area contributed by atoms with Gasteiger partial charge in [0.2, 0.25) is 0 Å². The highest BCUT2D eigenvalue weighted by Crippen LogP contribution is 2.23. The summed E-state index contributed by atoms with van der Waals surface area (Å²) in [7, 11) is 0. The minimum Gasteiger partial charge on any atom is -0.390 e. The van der Waals surface area contributed by atoms with Gasteiger partial charge in [-0.2, -0.15) is 0 Å². The van der Waals surface area contributed by atoms with Gasteiger partial charge in [0, 0.05) is 30.1 Å². The fraction of sp³-hybridized carbons (Fsp3) is 0.429. The summed E-state index contributed by atoms with van der Waals surface area (Å²) in [6.07, 6.45) is 2.80. The van der Waals surface area contributed by atoms with Gasteiger partial charge in [-0.05, 0) is 38.5 Å². The van der Waals surface area contributed by atoms with E-state index in [2.05, 4.69) is 42.0 Å². The van der Waals surface area contributed by atoms with Crippen LogP contribution in [0.5, 0.6) is 0 Å². The summed E-state index contributed by atoms with van der Waals surface area (Å²) in [4.78, 5) is 0. The first kappa shape index (κ1) is 11.2. The summed E-state index contributed by atoms with van der Waals surface area (Å²) >= 11 is 0. The van der Waals surface area contributed by atoms with Crippen molar-refractivity contribution < 1.29 is 5.11 Å². The molecule has 0 saturated heterocycles. The van der Waals surface area contributed by atoms with Gasteiger partial charge in [0.05, 0.1) is 5.60 Å². The van der Waals surface area contributed by atoms with Crippen LogP contribution in [0.3, 0.4) is 0 Å². The Morgan fingerprint density at radius 2 is 2.00 bits per heavy atom. The molecule has 0 aliphatic heterocycles. The molecule has 1 N–H and O–H groups in total. The van der Waals surface area contributed by atoms with Crippen molar-refractivity contribution >= 4 is 10.9 Å². The highest BCUT2D eigenvalue weighted by atomic mass is 16.3. The summed E-state index contributed by atoms with van der Waals surface area (Å²) in [5.41, 5.74) is 1.82. The van der Waals surface area contributed by atoms with Crippen LogP contribution < -0.4 is 0 Å². The van der Waals surface area contributed by atoms with E-state index in [-0.39, 0.29) is 0 Å². The zero-order valence-corrected chi connectivity index (χ0v) is 10.2. The standard InChI is InChI=1S/C14H19NO/c1-4-15-9-8-12-11(10-14(2,3)16)6-5-7-13(12)15/h5-9,16H,4,10H2,1-3H3. The maximum absolute atomic E-state index is 9.89. The van der Waals surface area contributed by atoms with E-state index < -0.39 is 5.60 Å². The molecule has 0 aliphatic rings. The van der Waals surface area contributed by atoms with Crippen LogP contribution in [0.25, 0.3) is 10.9 Å². The smallest absolute Gasteiger partial charge is 0.0632 e. The molecule has 0 saturated carbocycles. The van der Waals surface area contributed by atoms with Crippen molar-refractivity contribution in [1.82, 2.24) is 4.57 Å². The Bertz CT molecular complexity index is 491. The van der Waals surface area contributed by atoms with Gasteiger partial charge in [0.25, 0.3) is 0 Å². The Balaban J connectivity index is 2.50. The first-order valence-electron chi connectivity index (χ1n) is 5.80. The Kier molecular flexibility index (Phi) is 2.76. The van der Waals surface area contributed by atoms with E-state index in [9.17, 15) is 5.11 Å². The number of aromatic nitrogens is 1. The first-order chi connectivity index (χ1) is 7.51. The molecular weight excluding hydrogens is 198 g/mol. The van der Waals surface area contributed by atoms with Crippen molar-refractivity contribution in [3.05, 3.63) is 36.0 Å². The van der Waals surface area contributed by atoms with E-state index in [0.29, 0.717) is 6.42 Å². The molecule has 2 nitrogen and oxygen atoms in total. The lowest BCUT2D eigenvalue weighted by Gasteiger charge is -2.17. The maximum Gasteiger partial charge on any atom is 0.0632 e. The highest BCUT2D eigenvalue weighted by molar-refractivity contribution is 5.83. The molecule has 0 amide bonds. The van der Waals surface area contributed by atoms with Crippen LogP contribution in [0.15, 0.2) is 30.5 Å². The molecule has 1 heterocycles. The quantitative estimate of drug-likeness (QED) is 0.840. The summed E-state index contributed by atoms with van der Waals surface area (Å²) < 4.78 is 2.23. The lowest BCUT2D eigenvalue weighted by atomic mass is 9.96. The molecule has 0 radical (unpaired) electrons. The molecule has 0 atom stereocenters. The van der Waals surface area contributed by atoms with Gasteiger partial charge in [-0.15, -0.1) is 0 Å². The van der Waals surface area contributed by atoms with Crippen molar-refractivity contribution in [3.63, 3.8) is 0 Å². The summed E-state index contributed by atoms with van der Waals surface area (Å²) in [6, 6.07) is 8.43. The van der Waals surface area contributed by atoms with Crippen molar-refractivity contribution in [1.29, 1.82) is 0 Å². The number of rotatable bonds is 3. The van der Waals surface area contributed by atoms with Crippen molar-refractivity contribution in [2.75, 3.05) is 0 Å². The van der Waals surface area contributed by atoms with Gasteiger partial charge >= 0.3 is 0 Å². The lowest BCUT2D eigenvalue weighted by Crippen LogP contribution is -2.21. The van der Waals surface area contributed by atoms with Crippen molar-refractivity contribution in [2.45, 2.75) is 39.3 Å². The average Bonchev–Trinajstić information content (AvgIpc) is 2.59. The van der Waals surface area contributed by atoms with E-state index >= 15 is 0 Å². The predicted molar refractivity (Wildman–Crippen MR) is 67.6 cm³/mol. The van der Waals surface area contributed by atoms with E-state index in [0.717, 1.165) is 6.54 Å². The second-order valence-corrected chi connectivity index (χ2v) is 4.94. The Morgan fingerprint density at radius 3 is 2.62 bits per heavy atom. The third kappa shape index (κ3) is 2.12. The van der Waals surface area contributed by atoms with E-state index in [1.54, 1.807) is 0 Å². The zero-order chi connectivity index (χ0) is 11.8. The molecule has 2 heteroatoms. The molecule has 0 spiro atoms. The number of hydrogen-bond donors (Lipinski definition) is 1. The third-order valence-electron chi connectivity index (χ3n) is 2.87. The lowest BCUT2D eigenvalue weighted by molar-refractivity contribution is 0.0813. The Morgan fingerprint density at radius 1 is 1.25 bits per heavy atom. The molecule has 0 aliphatic carbocycles. The number of nitrogens with zero attached hydrogens (tertiary/aromatic N) is 1. The van der Waals surface area contributed by atoms with Crippen LogP contribution in [-0.2, 0) is 13.0 Å². The van der Waals surface area contributed by atoms with Crippen LogP contribution in [-0.4, -0.2) is 15.3 Å². The molecule has 2 aromatic rings. The molecule has 86 valence electrons. The normalized spacial score (nSPS) is 12.2. The molecule has 1 aromatic carbocycles. The number of aliphatic hydroxyl groups is 1. The van der Waals surface area contributed by atoms with Crippen LogP contribution in [0.4, 0.5) is 0 Å². The number of aryl methyl sites for hydroxylation is 1. The van der Waals surface area contributed by atoms with Crippen molar-refractivity contribution in [2.24, 2.45) is 0 Å². The summed E-state index contributed by atoms with van der Waals surface area (Å²) in [5.74, 6) is 0. The monoisotopic (exact) mass is 217 g/mol. The second-order valence-electron chi connectivity index (χ2n) is 4.94. The SMILES string of the molecule is CCn1ccc2c(CC(C)(C)O)cccc21. The molecule has 0 bridgehead atoms. The Hall–Kier alpha value is -1.28. The number of benzene rings is 1. The van der Waals surface area contributed by atoms with E-state index in [1.165, 1.54) is 16.5 Å². The second kappa shape index (κ2) is 3.95. The fourth-order valence-electron chi connectivity index (χ4n) is 2.18. The molecule has 2 rings (SSSR count). The minimum absolute atomic E-state index is 0.650. The third-order valence-corrected chi connectivity index (χ3v) is 2.87. The van der Waals surface area contributed by atoms with Gasteiger partial charge < -0.3 is 9.67 Å². The molecular formula is C14H19NO. The van der Waals surface area contributed by atoms with Crippen LogP contribution in [0.2, 0.25) is 0 Å².